The second kappa shape index (κ2) is 3.53. The Morgan fingerprint density at radius 2 is 2.14 bits per heavy atom. The molecule has 0 N–H and O–H groups in total. The van der Waals surface area contributed by atoms with Gasteiger partial charge in [-0.25, -0.2) is 0 Å². The molecule has 1 heterocycles. The lowest BCUT2D eigenvalue weighted by Crippen LogP contribution is -2.06. The van der Waals surface area contributed by atoms with Crippen LogP contribution in [0.4, 0.5) is 0 Å². The number of nitriles is 1. The molecule has 1 aliphatic rings. The molecule has 0 amide bonds. The Kier molecular flexibility index (Phi) is 2.37. The van der Waals surface area contributed by atoms with Gasteiger partial charge in [0.1, 0.15) is 12.4 Å². The SMILES string of the molecule is N#CC1=Cc2cc(Cl)cc(Cl)c2OC1. The molecular formula is C10H5Cl2NO. The predicted octanol–water partition coefficient (Wildman–Crippen LogP) is 3.29. The van der Waals surface area contributed by atoms with Crippen LogP contribution in [0.2, 0.25) is 10.0 Å². The van der Waals surface area contributed by atoms with Gasteiger partial charge in [-0.2, -0.15) is 5.26 Å². The molecule has 1 aromatic rings. The Bertz CT molecular complexity index is 460. The summed E-state index contributed by atoms with van der Waals surface area (Å²) in [6.07, 6.45) is 1.73. The second-order valence-corrected chi connectivity index (χ2v) is 3.72. The van der Waals surface area contributed by atoms with Gasteiger partial charge in [-0.05, 0) is 18.2 Å². The molecule has 0 radical (unpaired) electrons. The molecule has 14 heavy (non-hydrogen) atoms. The number of hydrogen-bond acceptors (Lipinski definition) is 2. The summed E-state index contributed by atoms with van der Waals surface area (Å²) in [5.41, 5.74) is 1.32. The molecule has 1 aromatic carbocycles. The van der Waals surface area contributed by atoms with Gasteiger partial charge in [0.15, 0.2) is 0 Å². The third kappa shape index (κ3) is 1.57. The van der Waals surface area contributed by atoms with Crippen LogP contribution in [-0.2, 0) is 0 Å². The maximum absolute atomic E-state index is 8.69. The molecule has 0 saturated heterocycles. The van der Waals surface area contributed by atoms with Crippen LogP contribution in [0, 0.1) is 11.3 Å². The first-order valence-corrected chi connectivity index (χ1v) is 4.69. The first-order chi connectivity index (χ1) is 6.70. The van der Waals surface area contributed by atoms with Crippen molar-refractivity contribution in [3.8, 4) is 11.8 Å². The average molecular weight is 226 g/mol. The van der Waals surface area contributed by atoms with E-state index >= 15 is 0 Å². The van der Waals surface area contributed by atoms with E-state index in [0.29, 0.717) is 21.4 Å². The van der Waals surface area contributed by atoms with Crippen molar-refractivity contribution >= 4 is 29.3 Å². The fraction of sp³-hybridized carbons (Fsp3) is 0.100. The van der Waals surface area contributed by atoms with E-state index in [1.807, 2.05) is 6.07 Å². The van der Waals surface area contributed by atoms with Crippen molar-refractivity contribution < 1.29 is 4.74 Å². The Morgan fingerprint density at radius 1 is 1.36 bits per heavy atom. The minimum atomic E-state index is 0.269. The number of benzene rings is 1. The van der Waals surface area contributed by atoms with Gasteiger partial charge in [0.25, 0.3) is 0 Å². The Morgan fingerprint density at radius 3 is 2.86 bits per heavy atom. The zero-order valence-electron chi connectivity index (χ0n) is 7.05. The summed E-state index contributed by atoms with van der Waals surface area (Å²) in [5.74, 6) is 0.593. The van der Waals surface area contributed by atoms with Crippen molar-refractivity contribution in [3.05, 3.63) is 33.3 Å². The van der Waals surface area contributed by atoms with E-state index < -0.39 is 0 Å². The average Bonchev–Trinajstić information content (AvgIpc) is 2.16. The molecule has 0 unspecified atom stereocenters. The fourth-order valence-corrected chi connectivity index (χ4v) is 1.85. The highest BCUT2D eigenvalue weighted by Gasteiger charge is 2.15. The van der Waals surface area contributed by atoms with Crippen LogP contribution in [0.3, 0.4) is 0 Å². The highest BCUT2D eigenvalue weighted by atomic mass is 35.5. The van der Waals surface area contributed by atoms with Crippen LogP contribution in [-0.4, -0.2) is 6.61 Å². The molecule has 1 aliphatic heterocycles. The van der Waals surface area contributed by atoms with Gasteiger partial charge in [-0.3, -0.25) is 0 Å². The number of halogens is 2. The largest absolute Gasteiger partial charge is 0.486 e. The molecule has 70 valence electrons. The lowest BCUT2D eigenvalue weighted by atomic mass is 10.1. The highest BCUT2D eigenvalue weighted by molar-refractivity contribution is 6.36. The van der Waals surface area contributed by atoms with Crippen molar-refractivity contribution in [1.82, 2.24) is 0 Å². The molecule has 0 atom stereocenters. The monoisotopic (exact) mass is 225 g/mol. The number of nitrogens with zero attached hydrogens (tertiary/aromatic N) is 1. The van der Waals surface area contributed by atoms with E-state index in [1.54, 1.807) is 18.2 Å². The summed E-state index contributed by atoms with van der Waals surface area (Å²) in [7, 11) is 0. The Balaban J connectivity index is 2.59. The van der Waals surface area contributed by atoms with Gasteiger partial charge in [-0.1, -0.05) is 23.2 Å². The summed E-state index contributed by atoms with van der Waals surface area (Å²) in [6, 6.07) is 5.37. The third-order valence-electron chi connectivity index (χ3n) is 1.88. The van der Waals surface area contributed by atoms with Crippen LogP contribution < -0.4 is 4.74 Å². The van der Waals surface area contributed by atoms with Crippen LogP contribution in [0.1, 0.15) is 5.56 Å². The number of fused-ring (bicyclic) bond motifs is 1. The molecule has 0 fully saturated rings. The minimum Gasteiger partial charge on any atom is -0.486 e. The van der Waals surface area contributed by atoms with Gasteiger partial charge in [-0.15, -0.1) is 0 Å². The first kappa shape index (κ1) is 9.39. The van der Waals surface area contributed by atoms with E-state index in [9.17, 15) is 0 Å². The maximum Gasteiger partial charge on any atom is 0.145 e. The number of rotatable bonds is 0. The number of hydrogen-bond donors (Lipinski definition) is 0. The second-order valence-electron chi connectivity index (χ2n) is 2.88. The standard InChI is InChI=1S/C10H5Cl2NO/c11-8-2-7-1-6(4-13)5-14-10(7)9(12)3-8/h1-3H,5H2. The molecule has 0 saturated carbocycles. The molecule has 4 heteroatoms. The Labute approximate surface area is 91.3 Å². The van der Waals surface area contributed by atoms with Crippen LogP contribution in [0.5, 0.6) is 5.75 Å². The van der Waals surface area contributed by atoms with Crippen LogP contribution >= 0.6 is 23.2 Å². The molecule has 2 rings (SSSR count). The highest BCUT2D eigenvalue weighted by Crippen LogP contribution is 2.36. The summed E-state index contributed by atoms with van der Waals surface area (Å²) in [5, 5.41) is 9.70. The van der Waals surface area contributed by atoms with Crippen molar-refractivity contribution in [3.63, 3.8) is 0 Å². The van der Waals surface area contributed by atoms with Crippen LogP contribution in [0.15, 0.2) is 17.7 Å². The van der Waals surface area contributed by atoms with Gasteiger partial charge in [0.2, 0.25) is 0 Å². The van der Waals surface area contributed by atoms with Gasteiger partial charge < -0.3 is 4.74 Å². The van der Waals surface area contributed by atoms with Crippen molar-refractivity contribution in [1.29, 1.82) is 5.26 Å². The van der Waals surface area contributed by atoms with Crippen molar-refractivity contribution in [2.75, 3.05) is 6.61 Å². The summed E-state index contributed by atoms with van der Waals surface area (Å²) < 4.78 is 5.33. The van der Waals surface area contributed by atoms with Crippen molar-refractivity contribution in [2.24, 2.45) is 0 Å². The first-order valence-electron chi connectivity index (χ1n) is 3.93. The van der Waals surface area contributed by atoms with E-state index in [2.05, 4.69) is 0 Å². The summed E-state index contributed by atoms with van der Waals surface area (Å²) >= 11 is 11.7. The topological polar surface area (TPSA) is 33.0 Å². The molecule has 0 bridgehead atoms. The minimum absolute atomic E-state index is 0.269. The zero-order valence-corrected chi connectivity index (χ0v) is 8.56. The van der Waals surface area contributed by atoms with Gasteiger partial charge >= 0.3 is 0 Å². The third-order valence-corrected chi connectivity index (χ3v) is 2.38. The quantitative estimate of drug-likeness (QED) is 0.679. The molecular weight excluding hydrogens is 221 g/mol. The summed E-state index contributed by atoms with van der Waals surface area (Å²) in [6.45, 7) is 0.269. The smallest absolute Gasteiger partial charge is 0.145 e. The predicted molar refractivity (Wildman–Crippen MR) is 55.5 cm³/mol. The van der Waals surface area contributed by atoms with Crippen LogP contribution in [0.25, 0.3) is 6.08 Å². The van der Waals surface area contributed by atoms with Gasteiger partial charge in [0, 0.05) is 10.6 Å². The maximum atomic E-state index is 8.69. The normalized spacial score (nSPS) is 13.6. The lowest BCUT2D eigenvalue weighted by Gasteiger charge is -2.15. The van der Waals surface area contributed by atoms with E-state index in [1.165, 1.54) is 0 Å². The van der Waals surface area contributed by atoms with Crippen molar-refractivity contribution in [2.45, 2.75) is 0 Å². The van der Waals surface area contributed by atoms with E-state index in [0.717, 1.165) is 5.56 Å². The lowest BCUT2D eigenvalue weighted by molar-refractivity contribution is 0.352. The summed E-state index contributed by atoms with van der Waals surface area (Å²) in [4.78, 5) is 0. The van der Waals surface area contributed by atoms with E-state index in [-0.39, 0.29) is 6.61 Å². The molecule has 2 nitrogen and oxygen atoms in total. The van der Waals surface area contributed by atoms with Gasteiger partial charge in [0.05, 0.1) is 16.7 Å². The fourth-order valence-electron chi connectivity index (χ4n) is 1.28. The molecule has 0 aromatic heterocycles. The van der Waals surface area contributed by atoms with E-state index in [4.69, 9.17) is 33.2 Å². The molecule has 0 spiro atoms. The Hall–Kier alpha value is -1.17. The molecule has 0 aliphatic carbocycles. The zero-order chi connectivity index (χ0) is 10.1. The number of ether oxygens (including phenoxy) is 1.